The standard InChI is InChI=1S/C26H26N4O2/c31-26(20-32-25-12-6-8-22-7-4-5-11-24(22)25)29-15-13-28(14-16-29)18-21-17-27-30(19-21)23-9-2-1-3-10-23/h1-12,17,19H,13-16,18,20H2. The van der Waals surface area contributed by atoms with Gasteiger partial charge < -0.3 is 9.64 Å². The molecule has 1 amide bonds. The van der Waals surface area contributed by atoms with Crippen LogP contribution in [0.4, 0.5) is 0 Å². The van der Waals surface area contributed by atoms with Gasteiger partial charge in [-0.2, -0.15) is 5.10 Å². The van der Waals surface area contributed by atoms with Gasteiger partial charge in [0.2, 0.25) is 0 Å². The van der Waals surface area contributed by atoms with E-state index < -0.39 is 0 Å². The van der Waals surface area contributed by atoms with Crippen molar-refractivity contribution in [1.29, 1.82) is 0 Å². The van der Waals surface area contributed by atoms with Crippen molar-refractivity contribution >= 4 is 16.7 Å². The van der Waals surface area contributed by atoms with Crippen LogP contribution in [-0.4, -0.2) is 58.3 Å². The predicted octanol–water partition coefficient (Wildman–Crippen LogP) is 3.75. The molecule has 1 aliphatic heterocycles. The number of piperazine rings is 1. The number of fused-ring (bicyclic) bond motifs is 1. The van der Waals surface area contributed by atoms with E-state index in [1.165, 1.54) is 5.56 Å². The number of nitrogens with zero attached hydrogens (tertiary/aromatic N) is 4. The molecule has 0 N–H and O–H groups in total. The smallest absolute Gasteiger partial charge is 0.260 e. The maximum Gasteiger partial charge on any atom is 0.260 e. The number of benzene rings is 3. The lowest BCUT2D eigenvalue weighted by Gasteiger charge is -2.34. The SMILES string of the molecule is O=C(COc1cccc2ccccc12)N1CCN(Cc2cnn(-c3ccccc3)c2)CC1. The van der Waals surface area contributed by atoms with Crippen LogP contribution in [0.5, 0.6) is 5.75 Å². The minimum atomic E-state index is 0.0366. The average molecular weight is 427 g/mol. The Hall–Kier alpha value is -3.64. The van der Waals surface area contributed by atoms with Crippen LogP contribution in [0, 0.1) is 0 Å². The topological polar surface area (TPSA) is 50.6 Å². The Balaban J connectivity index is 1.12. The highest BCUT2D eigenvalue weighted by atomic mass is 16.5. The molecule has 0 aliphatic carbocycles. The Kier molecular flexibility index (Phi) is 5.85. The van der Waals surface area contributed by atoms with Crippen molar-refractivity contribution in [3.05, 3.63) is 90.8 Å². The Bertz CT molecular complexity index is 1190. The molecule has 0 atom stereocenters. The molecule has 2 heterocycles. The van der Waals surface area contributed by atoms with Crippen LogP contribution in [0.1, 0.15) is 5.56 Å². The van der Waals surface area contributed by atoms with Gasteiger partial charge >= 0.3 is 0 Å². The van der Waals surface area contributed by atoms with E-state index in [4.69, 9.17) is 4.74 Å². The minimum Gasteiger partial charge on any atom is -0.483 e. The monoisotopic (exact) mass is 426 g/mol. The maximum atomic E-state index is 12.7. The lowest BCUT2D eigenvalue weighted by molar-refractivity contribution is -0.135. The molecule has 0 unspecified atom stereocenters. The second-order valence-electron chi connectivity index (χ2n) is 8.05. The number of carbonyl (C=O) groups is 1. The number of amides is 1. The minimum absolute atomic E-state index is 0.0366. The molecule has 0 bridgehead atoms. The number of rotatable bonds is 6. The third kappa shape index (κ3) is 4.50. The van der Waals surface area contributed by atoms with Crippen molar-refractivity contribution in [2.24, 2.45) is 0 Å². The number of para-hydroxylation sites is 1. The van der Waals surface area contributed by atoms with Crippen LogP contribution in [0.2, 0.25) is 0 Å². The zero-order valence-corrected chi connectivity index (χ0v) is 17.9. The number of hydrogen-bond donors (Lipinski definition) is 0. The molecule has 6 heteroatoms. The molecule has 0 saturated carbocycles. The number of carbonyl (C=O) groups excluding carboxylic acids is 1. The van der Waals surface area contributed by atoms with Crippen molar-refractivity contribution < 1.29 is 9.53 Å². The summed E-state index contributed by atoms with van der Waals surface area (Å²) in [5.74, 6) is 0.792. The molecule has 162 valence electrons. The summed E-state index contributed by atoms with van der Waals surface area (Å²) < 4.78 is 7.79. The van der Waals surface area contributed by atoms with Gasteiger partial charge in [0.05, 0.1) is 11.9 Å². The van der Waals surface area contributed by atoms with Crippen molar-refractivity contribution in [2.45, 2.75) is 6.54 Å². The summed E-state index contributed by atoms with van der Waals surface area (Å²) in [7, 11) is 0. The Morgan fingerprint density at radius 1 is 0.875 bits per heavy atom. The van der Waals surface area contributed by atoms with Crippen LogP contribution in [0.15, 0.2) is 85.2 Å². The largest absolute Gasteiger partial charge is 0.483 e. The fraction of sp³-hybridized carbons (Fsp3) is 0.231. The average Bonchev–Trinajstić information content (AvgIpc) is 3.32. The Labute approximate surface area is 187 Å². The fourth-order valence-corrected chi connectivity index (χ4v) is 4.13. The summed E-state index contributed by atoms with van der Waals surface area (Å²) in [4.78, 5) is 17.0. The Morgan fingerprint density at radius 2 is 1.62 bits per heavy atom. The first-order valence-corrected chi connectivity index (χ1v) is 11.0. The van der Waals surface area contributed by atoms with Gasteiger partial charge in [-0.1, -0.05) is 54.6 Å². The quantitative estimate of drug-likeness (QED) is 0.471. The molecule has 5 rings (SSSR count). The molecule has 1 aromatic heterocycles. The molecule has 1 saturated heterocycles. The lowest BCUT2D eigenvalue weighted by atomic mass is 10.1. The highest BCUT2D eigenvalue weighted by Crippen LogP contribution is 2.25. The van der Waals surface area contributed by atoms with Gasteiger partial charge in [0.1, 0.15) is 5.75 Å². The van der Waals surface area contributed by atoms with Gasteiger partial charge in [-0.15, -0.1) is 0 Å². The molecule has 6 nitrogen and oxygen atoms in total. The van der Waals surface area contributed by atoms with E-state index in [9.17, 15) is 4.79 Å². The number of hydrogen-bond acceptors (Lipinski definition) is 4. The van der Waals surface area contributed by atoms with Crippen LogP contribution in [0.3, 0.4) is 0 Å². The first-order valence-electron chi connectivity index (χ1n) is 11.0. The first-order chi connectivity index (χ1) is 15.8. The van der Waals surface area contributed by atoms with Gasteiger partial charge in [0.15, 0.2) is 6.61 Å². The van der Waals surface area contributed by atoms with E-state index >= 15 is 0 Å². The third-order valence-corrected chi connectivity index (χ3v) is 5.89. The van der Waals surface area contributed by atoms with E-state index in [2.05, 4.69) is 16.2 Å². The molecule has 0 radical (unpaired) electrons. The van der Waals surface area contributed by atoms with Crippen LogP contribution in [-0.2, 0) is 11.3 Å². The van der Waals surface area contributed by atoms with E-state index in [1.807, 2.05) is 88.6 Å². The summed E-state index contributed by atoms with van der Waals surface area (Å²) in [6, 6.07) is 24.1. The summed E-state index contributed by atoms with van der Waals surface area (Å²) >= 11 is 0. The number of ether oxygens (including phenoxy) is 1. The normalized spacial score (nSPS) is 14.6. The van der Waals surface area contributed by atoms with E-state index in [0.29, 0.717) is 13.1 Å². The highest BCUT2D eigenvalue weighted by Gasteiger charge is 2.22. The van der Waals surface area contributed by atoms with Gasteiger partial charge in [-0.05, 0) is 23.6 Å². The van der Waals surface area contributed by atoms with Crippen molar-refractivity contribution in [2.75, 3.05) is 32.8 Å². The molecule has 4 aromatic rings. The van der Waals surface area contributed by atoms with Crippen molar-refractivity contribution in [1.82, 2.24) is 19.6 Å². The van der Waals surface area contributed by atoms with Gasteiger partial charge in [-0.3, -0.25) is 9.69 Å². The van der Waals surface area contributed by atoms with Crippen LogP contribution < -0.4 is 4.74 Å². The van der Waals surface area contributed by atoms with Gasteiger partial charge in [-0.25, -0.2) is 4.68 Å². The summed E-state index contributed by atoms with van der Waals surface area (Å²) in [6.07, 6.45) is 3.99. The number of aromatic nitrogens is 2. The maximum absolute atomic E-state index is 12.7. The zero-order valence-electron chi connectivity index (χ0n) is 17.9. The molecular formula is C26H26N4O2. The van der Waals surface area contributed by atoms with Crippen LogP contribution >= 0.6 is 0 Å². The summed E-state index contributed by atoms with van der Waals surface area (Å²) in [6.45, 7) is 4.02. The second-order valence-corrected chi connectivity index (χ2v) is 8.05. The fourth-order valence-electron chi connectivity index (χ4n) is 4.13. The van der Waals surface area contributed by atoms with Gasteiger partial charge in [0.25, 0.3) is 5.91 Å². The molecule has 1 fully saturated rings. The van der Waals surface area contributed by atoms with E-state index in [-0.39, 0.29) is 12.5 Å². The van der Waals surface area contributed by atoms with E-state index in [0.717, 1.165) is 41.8 Å². The van der Waals surface area contributed by atoms with Crippen molar-refractivity contribution in [3.8, 4) is 11.4 Å². The predicted molar refractivity (Wildman–Crippen MR) is 125 cm³/mol. The van der Waals surface area contributed by atoms with Gasteiger partial charge in [0, 0.05) is 49.9 Å². The third-order valence-electron chi connectivity index (χ3n) is 5.89. The zero-order chi connectivity index (χ0) is 21.8. The molecular weight excluding hydrogens is 400 g/mol. The Morgan fingerprint density at radius 3 is 2.47 bits per heavy atom. The molecule has 0 spiro atoms. The molecule has 3 aromatic carbocycles. The van der Waals surface area contributed by atoms with E-state index in [1.54, 1.807) is 0 Å². The molecule has 1 aliphatic rings. The first kappa shape index (κ1) is 20.3. The highest BCUT2D eigenvalue weighted by molar-refractivity contribution is 5.88. The summed E-state index contributed by atoms with van der Waals surface area (Å²) in [5.41, 5.74) is 2.23. The second kappa shape index (κ2) is 9.24. The van der Waals surface area contributed by atoms with Crippen LogP contribution in [0.25, 0.3) is 16.5 Å². The lowest BCUT2D eigenvalue weighted by Crippen LogP contribution is -2.49. The summed E-state index contributed by atoms with van der Waals surface area (Å²) in [5, 5.41) is 6.62. The van der Waals surface area contributed by atoms with Crippen molar-refractivity contribution in [3.63, 3.8) is 0 Å². The molecule has 32 heavy (non-hydrogen) atoms.